The predicted molar refractivity (Wildman–Crippen MR) is 74.3 cm³/mol. The first kappa shape index (κ1) is 12.8. The van der Waals surface area contributed by atoms with Gasteiger partial charge in [-0.05, 0) is 12.1 Å². The summed E-state index contributed by atoms with van der Waals surface area (Å²) >= 11 is 6.20. The number of halogens is 1. The highest BCUT2D eigenvalue weighted by atomic mass is 35.5. The molecule has 17 heavy (non-hydrogen) atoms. The van der Waals surface area contributed by atoms with Gasteiger partial charge in [0.15, 0.2) is 0 Å². The van der Waals surface area contributed by atoms with Crippen molar-refractivity contribution in [2.45, 2.75) is 38.2 Å². The van der Waals surface area contributed by atoms with Crippen LogP contribution in [0.15, 0.2) is 12.1 Å². The van der Waals surface area contributed by atoms with E-state index in [1.54, 1.807) is 7.11 Å². The van der Waals surface area contributed by atoms with Crippen LogP contribution in [-0.2, 0) is 6.42 Å². The molecular weight excluding hydrogens is 252 g/mol. The fourth-order valence-corrected chi connectivity index (χ4v) is 4.14. The second-order valence-corrected chi connectivity index (χ2v) is 11.7. The van der Waals surface area contributed by atoms with E-state index in [9.17, 15) is 0 Å². The molecule has 1 aromatic carbocycles. The summed E-state index contributed by atoms with van der Waals surface area (Å²) in [6.07, 6.45) is 1.25. The topological polar surface area (TPSA) is 18.5 Å². The third-order valence-electron chi connectivity index (χ3n) is 2.90. The van der Waals surface area contributed by atoms with Crippen molar-refractivity contribution in [3.63, 3.8) is 0 Å². The van der Waals surface area contributed by atoms with E-state index in [0.29, 0.717) is 11.1 Å². The van der Waals surface area contributed by atoms with Crippen LogP contribution < -0.4 is 9.47 Å². The van der Waals surface area contributed by atoms with Crippen LogP contribution in [0.2, 0.25) is 30.7 Å². The Morgan fingerprint density at radius 2 is 2.12 bits per heavy atom. The zero-order valence-electron chi connectivity index (χ0n) is 10.8. The molecule has 0 aromatic heterocycles. The minimum Gasteiger partial charge on any atom is -0.497 e. The molecule has 0 spiro atoms. The summed E-state index contributed by atoms with van der Waals surface area (Å²) in [5, 5.41) is 0.664. The fraction of sp³-hybridized carbons (Fsp3) is 0.538. The minimum absolute atomic E-state index is 0.293. The second-order valence-electron chi connectivity index (χ2n) is 5.81. The molecular formula is C13H19ClO2Si. The summed E-state index contributed by atoms with van der Waals surface area (Å²) < 4.78 is 11.2. The van der Waals surface area contributed by atoms with Gasteiger partial charge in [-0.15, -0.1) is 0 Å². The summed E-state index contributed by atoms with van der Waals surface area (Å²) in [6.45, 7) is 7.09. The van der Waals surface area contributed by atoms with E-state index >= 15 is 0 Å². The third kappa shape index (κ3) is 2.96. The maximum absolute atomic E-state index is 6.20. The van der Waals surface area contributed by atoms with E-state index < -0.39 is 8.07 Å². The third-order valence-corrected chi connectivity index (χ3v) is 4.86. The molecule has 0 bridgehead atoms. The zero-order chi connectivity index (χ0) is 12.6. The summed E-state index contributed by atoms with van der Waals surface area (Å²) in [5.41, 5.74) is 1.18. The van der Waals surface area contributed by atoms with Crippen LogP contribution in [0.3, 0.4) is 0 Å². The Bertz CT molecular complexity index is 426. The molecule has 0 N–H and O–H groups in total. The van der Waals surface area contributed by atoms with Crippen molar-refractivity contribution in [2.75, 3.05) is 7.11 Å². The minimum atomic E-state index is -1.10. The van der Waals surface area contributed by atoms with Gasteiger partial charge in [-0.2, -0.15) is 0 Å². The highest BCUT2D eigenvalue weighted by Crippen LogP contribution is 2.40. The van der Waals surface area contributed by atoms with Crippen LogP contribution in [0, 0.1) is 0 Å². The van der Waals surface area contributed by atoms with E-state index in [0.717, 1.165) is 17.9 Å². The number of hydrogen-bond donors (Lipinski definition) is 0. The molecule has 1 aromatic rings. The van der Waals surface area contributed by atoms with E-state index in [4.69, 9.17) is 21.1 Å². The van der Waals surface area contributed by atoms with Gasteiger partial charge in [0.2, 0.25) is 0 Å². The van der Waals surface area contributed by atoms with Gasteiger partial charge in [0, 0.05) is 26.1 Å². The molecule has 2 rings (SSSR count). The Balaban J connectivity index is 2.19. The number of fused-ring (bicyclic) bond motifs is 1. The average Bonchev–Trinajstić information content (AvgIpc) is 2.57. The Labute approximate surface area is 109 Å². The van der Waals surface area contributed by atoms with Crippen molar-refractivity contribution in [1.82, 2.24) is 0 Å². The Kier molecular flexibility index (Phi) is 3.41. The maximum atomic E-state index is 6.20. The van der Waals surface area contributed by atoms with Crippen LogP contribution in [0.25, 0.3) is 0 Å². The van der Waals surface area contributed by atoms with Crippen LogP contribution in [0.5, 0.6) is 11.5 Å². The summed E-state index contributed by atoms with van der Waals surface area (Å²) in [7, 11) is 0.560. The SMILES string of the molecule is COc1cc(Cl)c2c(c1)CC(C[Si](C)(C)C)O2. The molecule has 0 amide bonds. The molecule has 1 aliphatic rings. The lowest BCUT2D eigenvalue weighted by molar-refractivity contribution is 0.252. The molecule has 0 aliphatic carbocycles. The average molecular weight is 271 g/mol. The molecule has 2 nitrogen and oxygen atoms in total. The smallest absolute Gasteiger partial charge is 0.141 e. The van der Waals surface area contributed by atoms with Crippen molar-refractivity contribution < 1.29 is 9.47 Å². The second kappa shape index (κ2) is 4.54. The lowest BCUT2D eigenvalue weighted by Gasteiger charge is -2.20. The Hall–Kier alpha value is -0.673. The highest BCUT2D eigenvalue weighted by molar-refractivity contribution is 6.76. The first-order chi connectivity index (χ1) is 7.89. The maximum Gasteiger partial charge on any atom is 0.141 e. The van der Waals surface area contributed by atoms with E-state index in [1.165, 1.54) is 11.6 Å². The number of rotatable bonds is 3. The molecule has 94 valence electrons. The zero-order valence-corrected chi connectivity index (χ0v) is 12.6. The largest absolute Gasteiger partial charge is 0.497 e. The van der Waals surface area contributed by atoms with E-state index in [2.05, 4.69) is 19.6 Å². The summed E-state index contributed by atoms with van der Waals surface area (Å²) in [4.78, 5) is 0. The van der Waals surface area contributed by atoms with Gasteiger partial charge < -0.3 is 9.47 Å². The van der Waals surface area contributed by atoms with Gasteiger partial charge in [-0.1, -0.05) is 31.2 Å². The number of benzene rings is 1. The standard InChI is InChI=1S/C13H19ClO2Si/c1-15-10-5-9-6-11(8-17(2,3)4)16-13(9)12(14)7-10/h5,7,11H,6,8H2,1-4H3. The quantitative estimate of drug-likeness (QED) is 0.773. The van der Waals surface area contributed by atoms with Gasteiger partial charge in [-0.3, -0.25) is 0 Å². The van der Waals surface area contributed by atoms with Crippen LogP contribution in [-0.4, -0.2) is 21.3 Å². The van der Waals surface area contributed by atoms with Crippen molar-refractivity contribution in [3.05, 3.63) is 22.7 Å². The number of methoxy groups -OCH3 is 1. The molecule has 0 saturated carbocycles. The van der Waals surface area contributed by atoms with Gasteiger partial charge in [0.25, 0.3) is 0 Å². The Morgan fingerprint density at radius 3 is 2.71 bits per heavy atom. The van der Waals surface area contributed by atoms with Gasteiger partial charge >= 0.3 is 0 Å². The van der Waals surface area contributed by atoms with Crippen LogP contribution >= 0.6 is 11.6 Å². The number of hydrogen-bond acceptors (Lipinski definition) is 2. The summed E-state index contributed by atoms with van der Waals surface area (Å²) in [6, 6.07) is 5.02. The normalized spacial score (nSPS) is 18.8. The van der Waals surface area contributed by atoms with Crippen molar-refractivity contribution in [3.8, 4) is 11.5 Å². The monoisotopic (exact) mass is 270 g/mol. The van der Waals surface area contributed by atoms with Crippen molar-refractivity contribution in [1.29, 1.82) is 0 Å². The van der Waals surface area contributed by atoms with Crippen molar-refractivity contribution in [2.24, 2.45) is 0 Å². The molecule has 0 saturated heterocycles. The highest BCUT2D eigenvalue weighted by Gasteiger charge is 2.30. The first-order valence-corrected chi connectivity index (χ1v) is 10.0. The molecule has 1 aliphatic heterocycles. The fourth-order valence-electron chi connectivity index (χ4n) is 2.27. The molecule has 1 atom stereocenters. The van der Waals surface area contributed by atoms with Gasteiger partial charge in [-0.25, -0.2) is 0 Å². The molecule has 1 heterocycles. The first-order valence-electron chi connectivity index (χ1n) is 5.92. The summed E-state index contributed by atoms with van der Waals surface area (Å²) in [5.74, 6) is 1.67. The van der Waals surface area contributed by atoms with Crippen LogP contribution in [0.4, 0.5) is 0 Å². The Morgan fingerprint density at radius 1 is 1.41 bits per heavy atom. The van der Waals surface area contributed by atoms with E-state index in [1.807, 2.05) is 12.1 Å². The predicted octanol–water partition coefficient (Wildman–Crippen LogP) is 3.99. The van der Waals surface area contributed by atoms with Crippen molar-refractivity contribution >= 4 is 19.7 Å². The lowest BCUT2D eigenvalue weighted by atomic mass is 10.1. The van der Waals surface area contributed by atoms with Gasteiger partial charge in [0.05, 0.1) is 12.1 Å². The molecule has 1 unspecified atom stereocenters. The number of ether oxygens (including phenoxy) is 2. The molecule has 0 fully saturated rings. The molecule has 0 radical (unpaired) electrons. The van der Waals surface area contributed by atoms with Crippen LogP contribution in [0.1, 0.15) is 5.56 Å². The van der Waals surface area contributed by atoms with Gasteiger partial charge in [0.1, 0.15) is 17.6 Å². The lowest BCUT2D eigenvalue weighted by Crippen LogP contribution is -2.29. The van der Waals surface area contributed by atoms with E-state index in [-0.39, 0.29) is 0 Å². The molecule has 4 heteroatoms.